The third-order valence-electron chi connectivity index (χ3n) is 2.44. The highest BCUT2D eigenvalue weighted by Gasteiger charge is 2.09. The van der Waals surface area contributed by atoms with Gasteiger partial charge in [0, 0.05) is 18.2 Å². The van der Waals surface area contributed by atoms with E-state index in [4.69, 9.17) is 0 Å². The Kier molecular flexibility index (Phi) is 3.52. The number of nitrogens with zero attached hydrogens (tertiary/aromatic N) is 2. The van der Waals surface area contributed by atoms with Crippen LogP contribution in [0.3, 0.4) is 0 Å². The summed E-state index contributed by atoms with van der Waals surface area (Å²) in [6.07, 6.45) is 6.51. The average molecular weight is 247 g/mol. The number of hydrogen-bond donors (Lipinski definition) is 3. The van der Waals surface area contributed by atoms with Crippen molar-refractivity contribution >= 4 is 11.7 Å². The SMILES string of the molecule is Cc1nnc(NNC=C2C=CCCC2=O)[nH]c1=O. The molecule has 0 radical (unpaired) electrons. The van der Waals surface area contributed by atoms with Crippen LogP contribution in [0.25, 0.3) is 0 Å². The van der Waals surface area contributed by atoms with Crippen molar-refractivity contribution in [2.45, 2.75) is 19.8 Å². The predicted molar refractivity (Wildman–Crippen MR) is 65.6 cm³/mol. The Labute approximate surface area is 103 Å². The Morgan fingerprint density at radius 3 is 2.94 bits per heavy atom. The number of carbonyl (C=O) groups excluding carboxylic acids is 1. The fourth-order valence-corrected chi connectivity index (χ4v) is 1.42. The number of H-pyrrole nitrogens is 1. The minimum absolute atomic E-state index is 0.0790. The van der Waals surface area contributed by atoms with Crippen LogP contribution in [0.2, 0.25) is 0 Å². The second-order valence-corrected chi connectivity index (χ2v) is 3.82. The fraction of sp³-hybridized carbons (Fsp3) is 0.273. The number of allylic oxidation sites excluding steroid dienone is 3. The third-order valence-corrected chi connectivity index (χ3v) is 2.44. The molecule has 0 spiro atoms. The molecule has 0 bridgehead atoms. The molecule has 2 rings (SSSR count). The van der Waals surface area contributed by atoms with Crippen LogP contribution in [-0.2, 0) is 4.79 Å². The van der Waals surface area contributed by atoms with Crippen molar-refractivity contribution in [2.75, 3.05) is 5.43 Å². The van der Waals surface area contributed by atoms with Crippen LogP contribution < -0.4 is 16.4 Å². The molecule has 0 amide bonds. The zero-order chi connectivity index (χ0) is 13.0. The molecule has 0 saturated carbocycles. The highest BCUT2D eigenvalue weighted by molar-refractivity contribution is 5.98. The summed E-state index contributed by atoms with van der Waals surface area (Å²) in [6, 6.07) is 0. The van der Waals surface area contributed by atoms with E-state index in [0.29, 0.717) is 17.7 Å². The number of aryl methyl sites for hydroxylation is 1. The van der Waals surface area contributed by atoms with E-state index in [1.165, 1.54) is 6.20 Å². The van der Waals surface area contributed by atoms with E-state index in [0.717, 1.165) is 6.42 Å². The van der Waals surface area contributed by atoms with Gasteiger partial charge in [-0.05, 0) is 13.3 Å². The minimum atomic E-state index is -0.310. The zero-order valence-electron chi connectivity index (χ0n) is 9.86. The molecule has 1 aromatic rings. The lowest BCUT2D eigenvalue weighted by Gasteiger charge is -2.08. The van der Waals surface area contributed by atoms with Crippen molar-refractivity contribution in [1.29, 1.82) is 0 Å². The lowest BCUT2D eigenvalue weighted by atomic mass is 10.0. The molecule has 0 aliphatic heterocycles. The highest BCUT2D eigenvalue weighted by Crippen LogP contribution is 2.10. The van der Waals surface area contributed by atoms with E-state index in [1.807, 2.05) is 6.08 Å². The molecule has 3 N–H and O–H groups in total. The molecular formula is C11H13N5O2. The number of ketones is 1. The van der Waals surface area contributed by atoms with Gasteiger partial charge < -0.3 is 5.43 Å². The minimum Gasteiger partial charge on any atom is -0.305 e. The molecule has 0 saturated heterocycles. The van der Waals surface area contributed by atoms with E-state index in [1.54, 1.807) is 13.0 Å². The van der Waals surface area contributed by atoms with Crippen LogP contribution >= 0.6 is 0 Å². The molecule has 1 heterocycles. The predicted octanol–water partition coefficient (Wildman–Crippen LogP) is 0.193. The summed E-state index contributed by atoms with van der Waals surface area (Å²) in [4.78, 5) is 25.2. The lowest BCUT2D eigenvalue weighted by molar-refractivity contribution is -0.115. The van der Waals surface area contributed by atoms with E-state index in [2.05, 4.69) is 26.0 Å². The van der Waals surface area contributed by atoms with Gasteiger partial charge in [0.05, 0.1) is 0 Å². The number of hydrazine groups is 1. The molecule has 7 nitrogen and oxygen atoms in total. The van der Waals surface area contributed by atoms with E-state index >= 15 is 0 Å². The quantitative estimate of drug-likeness (QED) is 0.521. The van der Waals surface area contributed by atoms with Gasteiger partial charge in [-0.2, -0.15) is 0 Å². The maximum atomic E-state index is 11.5. The fourth-order valence-electron chi connectivity index (χ4n) is 1.42. The molecule has 7 heteroatoms. The second-order valence-electron chi connectivity index (χ2n) is 3.82. The van der Waals surface area contributed by atoms with Gasteiger partial charge in [-0.15, -0.1) is 10.2 Å². The Hall–Kier alpha value is -2.44. The molecule has 0 unspecified atom stereocenters. The first kappa shape index (κ1) is 12.0. The number of Topliss-reactive ketones (excluding diaryl/α,β-unsaturated/α-hetero) is 1. The Morgan fingerprint density at radius 2 is 2.22 bits per heavy atom. The molecular weight excluding hydrogens is 234 g/mol. The monoisotopic (exact) mass is 247 g/mol. The summed E-state index contributed by atoms with van der Waals surface area (Å²) in [5, 5.41) is 7.39. The molecule has 18 heavy (non-hydrogen) atoms. The van der Waals surface area contributed by atoms with Crippen molar-refractivity contribution in [3.8, 4) is 0 Å². The van der Waals surface area contributed by atoms with Crippen molar-refractivity contribution in [3.63, 3.8) is 0 Å². The van der Waals surface area contributed by atoms with Crippen molar-refractivity contribution < 1.29 is 4.79 Å². The molecule has 0 atom stereocenters. The van der Waals surface area contributed by atoms with Gasteiger partial charge in [-0.3, -0.25) is 20.0 Å². The third kappa shape index (κ3) is 2.82. The van der Waals surface area contributed by atoms with Crippen LogP contribution in [0.1, 0.15) is 18.5 Å². The molecule has 1 aromatic heterocycles. The topological polar surface area (TPSA) is 99.8 Å². The number of rotatable bonds is 3. The summed E-state index contributed by atoms with van der Waals surface area (Å²) >= 11 is 0. The first-order valence-corrected chi connectivity index (χ1v) is 5.52. The van der Waals surface area contributed by atoms with Crippen LogP contribution in [0, 0.1) is 6.92 Å². The number of anilines is 1. The zero-order valence-corrected chi connectivity index (χ0v) is 9.86. The first-order valence-electron chi connectivity index (χ1n) is 5.52. The van der Waals surface area contributed by atoms with Gasteiger partial charge in [0.1, 0.15) is 5.69 Å². The largest absolute Gasteiger partial charge is 0.305 e. The van der Waals surface area contributed by atoms with Crippen LogP contribution in [0.5, 0.6) is 0 Å². The van der Waals surface area contributed by atoms with Gasteiger partial charge in [-0.25, -0.2) is 0 Å². The number of hydrogen-bond acceptors (Lipinski definition) is 6. The number of carbonyl (C=O) groups is 1. The molecule has 0 fully saturated rings. The van der Waals surface area contributed by atoms with Gasteiger partial charge >= 0.3 is 0 Å². The summed E-state index contributed by atoms with van der Waals surface area (Å²) in [5.74, 6) is 0.268. The van der Waals surface area contributed by atoms with E-state index in [-0.39, 0.29) is 17.3 Å². The first-order chi connectivity index (χ1) is 8.66. The molecule has 1 aliphatic rings. The number of nitrogens with one attached hydrogen (secondary N) is 3. The maximum absolute atomic E-state index is 11.5. The van der Waals surface area contributed by atoms with Gasteiger partial charge in [-0.1, -0.05) is 12.2 Å². The van der Waals surface area contributed by atoms with Crippen molar-refractivity contribution in [1.82, 2.24) is 20.6 Å². The summed E-state index contributed by atoms with van der Waals surface area (Å²) in [5.41, 5.74) is 5.90. The lowest BCUT2D eigenvalue weighted by Crippen LogP contribution is -2.23. The Morgan fingerprint density at radius 1 is 1.39 bits per heavy atom. The van der Waals surface area contributed by atoms with Crippen LogP contribution in [0.4, 0.5) is 5.95 Å². The molecule has 94 valence electrons. The van der Waals surface area contributed by atoms with Crippen LogP contribution in [-0.4, -0.2) is 21.0 Å². The summed E-state index contributed by atoms with van der Waals surface area (Å²) in [7, 11) is 0. The van der Waals surface area contributed by atoms with Crippen molar-refractivity contribution in [3.05, 3.63) is 40.0 Å². The van der Waals surface area contributed by atoms with Gasteiger partial charge in [0.25, 0.3) is 5.56 Å². The summed E-state index contributed by atoms with van der Waals surface area (Å²) in [6.45, 7) is 1.57. The smallest absolute Gasteiger partial charge is 0.274 e. The van der Waals surface area contributed by atoms with E-state index < -0.39 is 0 Å². The molecule has 0 aromatic carbocycles. The summed E-state index contributed by atoms with van der Waals surface area (Å²) < 4.78 is 0. The molecule has 1 aliphatic carbocycles. The van der Waals surface area contributed by atoms with Crippen molar-refractivity contribution in [2.24, 2.45) is 0 Å². The Bertz CT molecular complexity index is 573. The van der Waals surface area contributed by atoms with E-state index in [9.17, 15) is 9.59 Å². The van der Waals surface area contributed by atoms with Gasteiger partial charge in [0.15, 0.2) is 5.78 Å². The highest BCUT2D eigenvalue weighted by atomic mass is 16.1. The van der Waals surface area contributed by atoms with Gasteiger partial charge in [0.2, 0.25) is 5.95 Å². The van der Waals surface area contributed by atoms with Crippen LogP contribution in [0.15, 0.2) is 28.7 Å². The maximum Gasteiger partial charge on any atom is 0.274 e. The standard InChI is InChI=1S/C11H13N5O2/c1-7-10(18)13-11(16-14-7)15-12-6-8-4-2-3-5-9(8)17/h2,4,6,12H,3,5H2,1H3,(H2,13,15,16,18). The second kappa shape index (κ2) is 5.26. The number of aromatic amines is 1. The normalized spacial score (nSPS) is 16.9. The Balaban J connectivity index is 1.99. The number of aromatic nitrogens is 3. The average Bonchev–Trinajstić information content (AvgIpc) is 2.36.